The third-order valence-electron chi connectivity index (χ3n) is 4.62. The van der Waals surface area contributed by atoms with Crippen LogP contribution in [-0.2, 0) is 4.79 Å². The maximum absolute atomic E-state index is 12.2. The van der Waals surface area contributed by atoms with Gasteiger partial charge in [-0.05, 0) is 61.0 Å². The van der Waals surface area contributed by atoms with Crippen molar-refractivity contribution in [2.75, 3.05) is 18.4 Å². The molecular formula is C21H22ClFN4O2. The van der Waals surface area contributed by atoms with Gasteiger partial charge in [-0.1, -0.05) is 11.6 Å². The van der Waals surface area contributed by atoms with Gasteiger partial charge in [-0.2, -0.15) is 0 Å². The molecule has 3 heterocycles. The normalized spacial score (nSPS) is 13.4. The van der Waals surface area contributed by atoms with E-state index in [1.165, 1.54) is 25.3 Å². The molecule has 0 aliphatic carbocycles. The second-order valence-electron chi connectivity index (χ2n) is 6.68. The highest BCUT2D eigenvalue weighted by molar-refractivity contribution is 6.29. The maximum atomic E-state index is 12.2. The lowest BCUT2D eigenvalue weighted by Crippen LogP contribution is -2.33. The topological polar surface area (TPSA) is 67.3 Å². The second-order valence-corrected chi connectivity index (χ2v) is 7.07. The summed E-state index contributed by atoms with van der Waals surface area (Å²) in [6.45, 7) is 3.61. The van der Waals surface area contributed by atoms with Crippen molar-refractivity contribution < 1.29 is 14.3 Å². The van der Waals surface area contributed by atoms with Crippen molar-refractivity contribution in [3.63, 3.8) is 0 Å². The molecule has 1 N–H and O–H groups in total. The number of benzene rings is 1. The zero-order valence-corrected chi connectivity index (χ0v) is 16.8. The van der Waals surface area contributed by atoms with Gasteiger partial charge >= 0.3 is 0 Å². The Labute approximate surface area is 173 Å². The lowest BCUT2D eigenvalue weighted by molar-refractivity contribution is -0.129. The van der Waals surface area contributed by atoms with Crippen LogP contribution in [0.4, 0.5) is 16.0 Å². The predicted octanol–water partition coefficient (Wildman–Crippen LogP) is 5.31. The van der Waals surface area contributed by atoms with Gasteiger partial charge in [0.05, 0.1) is 11.9 Å². The predicted molar refractivity (Wildman–Crippen MR) is 112 cm³/mol. The Morgan fingerprint density at radius 1 is 1.14 bits per heavy atom. The first-order valence-electron chi connectivity index (χ1n) is 9.38. The molecule has 0 unspecified atom stereocenters. The van der Waals surface area contributed by atoms with Gasteiger partial charge in [0.25, 0.3) is 0 Å². The summed E-state index contributed by atoms with van der Waals surface area (Å²) >= 11 is 5.74. The smallest absolute Gasteiger partial charge is 0.219 e. The van der Waals surface area contributed by atoms with E-state index in [-0.39, 0.29) is 11.7 Å². The fraction of sp³-hybridized carbons (Fsp3) is 0.286. The molecule has 0 saturated carbocycles. The van der Waals surface area contributed by atoms with Crippen LogP contribution >= 0.6 is 11.6 Å². The second kappa shape index (κ2) is 10.0. The molecule has 1 aromatic carbocycles. The van der Waals surface area contributed by atoms with Crippen molar-refractivity contribution in [3.05, 3.63) is 53.9 Å². The van der Waals surface area contributed by atoms with Gasteiger partial charge in [0.2, 0.25) is 5.91 Å². The van der Waals surface area contributed by atoms with Gasteiger partial charge in [-0.15, -0.1) is 0 Å². The number of nitrogens with zero attached hydrogens (tertiary/aromatic N) is 3. The van der Waals surface area contributed by atoms with E-state index >= 15 is 0 Å². The number of piperidine rings is 1. The van der Waals surface area contributed by atoms with Crippen molar-refractivity contribution in [2.24, 2.45) is 0 Å². The van der Waals surface area contributed by atoms with E-state index in [1.807, 2.05) is 4.90 Å². The Balaban J connectivity index is 0.000000224. The Morgan fingerprint density at radius 2 is 1.93 bits per heavy atom. The third-order valence-corrected chi connectivity index (χ3v) is 4.84. The molecule has 1 saturated heterocycles. The molecular weight excluding hydrogens is 395 g/mol. The molecule has 1 aliphatic rings. The van der Waals surface area contributed by atoms with E-state index in [0.29, 0.717) is 11.0 Å². The number of hydrogen-bond acceptors (Lipinski definition) is 5. The minimum Gasteiger partial charge on any atom is -0.343 e. The monoisotopic (exact) mass is 416 g/mol. The number of aromatic nitrogens is 2. The number of carbonyl (C=O) groups is 1. The van der Waals surface area contributed by atoms with E-state index in [0.717, 1.165) is 29.5 Å². The summed E-state index contributed by atoms with van der Waals surface area (Å²) in [5, 5.41) is 5.24. The van der Waals surface area contributed by atoms with Gasteiger partial charge in [0.1, 0.15) is 11.0 Å². The lowest BCUT2D eigenvalue weighted by Gasteiger charge is -2.24. The Hall–Kier alpha value is -2.93. The van der Waals surface area contributed by atoms with Crippen molar-refractivity contribution in [1.29, 1.82) is 0 Å². The number of nitrogens with one attached hydrogen (secondary N) is 1. The highest BCUT2D eigenvalue weighted by atomic mass is 35.5. The molecule has 0 bridgehead atoms. The minimum absolute atomic E-state index is 0.155. The molecule has 6 nitrogen and oxygen atoms in total. The van der Waals surface area contributed by atoms with Crippen LogP contribution in [0.15, 0.2) is 48.8 Å². The molecule has 0 atom stereocenters. The molecule has 0 radical (unpaired) electrons. The van der Waals surface area contributed by atoms with Crippen LogP contribution in [-0.4, -0.2) is 33.9 Å². The van der Waals surface area contributed by atoms with Crippen molar-refractivity contribution >= 4 is 39.8 Å². The van der Waals surface area contributed by atoms with Crippen LogP contribution in [0.5, 0.6) is 5.75 Å². The number of anilines is 2. The molecule has 1 fully saturated rings. The Bertz CT molecular complexity index is 963. The van der Waals surface area contributed by atoms with Crippen LogP contribution in [0.3, 0.4) is 0 Å². The average molecular weight is 417 g/mol. The molecule has 2 aromatic heterocycles. The van der Waals surface area contributed by atoms with Crippen LogP contribution in [0, 0.1) is 0 Å². The number of hydrogen-bond donors (Lipinski definition) is 1. The van der Waals surface area contributed by atoms with E-state index in [9.17, 15) is 9.32 Å². The molecule has 4 rings (SSSR count). The fourth-order valence-electron chi connectivity index (χ4n) is 3.10. The Kier molecular flexibility index (Phi) is 7.19. The fourth-order valence-corrected chi connectivity index (χ4v) is 3.21. The highest BCUT2D eigenvalue weighted by Crippen LogP contribution is 2.27. The summed E-state index contributed by atoms with van der Waals surface area (Å²) in [4.78, 5) is 24.6. The van der Waals surface area contributed by atoms with Gasteiger partial charge in [-0.25, -0.2) is 9.97 Å². The number of rotatable bonds is 3. The van der Waals surface area contributed by atoms with Crippen molar-refractivity contribution in [1.82, 2.24) is 14.9 Å². The summed E-state index contributed by atoms with van der Waals surface area (Å²) in [6, 6.07) is 10.1. The molecule has 152 valence electrons. The largest absolute Gasteiger partial charge is 0.343 e. The molecule has 0 spiro atoms. The maximum Gasteiger partial charge on any atom is 0.219 e. The van der Waals surface area contributed by atoms with Crippen LogP contribution in [0.25, 0.3) is 10.8 Å². The minimum atomic E-state index is 0.155. The molecule has 1 amide bonds. The number of likely N-dealkylation sites (tertiary alicyclic amines) is 1. The van der Waals surface area contributed by atoms with Crippen LogP contribution in [0.1, 0.15) is 26.2 Å². The van der Waals surface area contributed by atoms with E-state index < -0.39 is 0 Å². The quantitative estimate of drug-likeness (QED) is 0.586. The summed E-state index contributed by atoms with van der Waals surface area (Å²) in [6.07, 6.45) is 6.93. The highest BCUT2D eigenvalue weighted by Gasteiger charge is 2.11. The zero-order chi connectivity index (χ0) is 20.6. The van der Waals surface area contributed by atoms with Gasteiger partial charge in [0, 0.05) is 36.1 Å². The number of fused-ring (bicyclic) bond motifs is 1. The summed E-state index contributed by atoms with van der Waals surface area (Å²) in [5.41, 5.74) is 0.764. The summed E-state index contributed by atoms with van der Waals surface area (Å²) in [5.74, 6) is 1.04. The third kappa shape index (κ3) is 5.77. The molecule has 8 heteroatoms. The number of carbonyl (C=O) groups excluding carboxylic acids is 1. The summed E-state index contributed by atoms with van der Waals surface area (Å²) < 4.78 is 12.2. The average Bonchev–Trinajstić information content (AvgIpc) is 2.76. The SMILES string of the molecule is CC(=O)N1CCCCC1.FOc1ccc2c(Nc3ccc(Cl)nc3)nccc2c1. The zero-order valence-electron chi connectivity index (χ0n) is 16.1. The van der Waals surface area contributed by atoms with Gasteiger partial charge in [-0.3, -0.25) is 9.74 Å². The molecule has 1 aliphatic heterocycles. The van der Waals surface area contributed by atoms with Crippen LogP contribution < -0.4 is 10.3 Å². The van der Waals surface area contributed by atoms with Crippen LogP contribution in [0.2, 0.25) is 5.15 Å². The first kappa shape index (κ1) is 20.8. The number of pyridine rings is 2. The van der Waals surface area contributed by atoms with E-state index in [4.69, 9.17) is 11.6 Å². The first-order chi connectivity index (χ1) is 14.1. The Morgan fingerprint density at radius 3 is 2.55 bits per heavy atom. The van der Waals surface area contributed by atoms with Gasteiger partial charge in [0.15, 0.2) is 5.75 Å². The van der Waals surface area contributed by atoms with E-state index in [1.54, 1.807) is 49.6 Å². The molecule has 3 aromatic rings. The van der Waals surface area contributed by atoms with Gasteiger partial charge < -0.3 is 10.2 Å². The number of halogens is 2. The standard InChI is InChI=1S/C14H9ClFN3O.C7H13NO/c15-13-4-1-10(8-18-13)19-14-12-3-2-11(20-16)7-9(12)5-6-17-14;1-7(9)8-5-3-2-4-6-8/h1-8H,(H,17,19);2-6H2,1H3. The van der Waals surface area contributed by atoms with Crippen molar-refractivity contribution in [3.8, 4) is 5.75 Å². The van der Waals surface area contributed by atoms with E-state index in [2.05, 4.69) is 20.2 Å². The lowest BCUT2D eigenvalue weighted by atomic mass is 10.1. The summed E-state index contributed by atoms with van der Waals surface area (Å²) in [7, 11) is 0. The molecule has 29 heavy (non-hydrogen) atoms. The van der Waals surface area contributed by atoms with Crippen molar-refractivity contribution in [2.45, 2.75) is 26.2 Å². The number of amides is 1. The first-order valence-corrected chi connectivity index (χ1v) is 9.76.